The van der Waals surface area contributed by atoms with Crippen LogP contribution in [-0.4, -0.2) is 39.1 Å². The number of hydrogen-bond donors (Lipinski definition) is 0. The highest BCUT2D eigenvalue weighted by molar-refractivity contribution is 6.33. The van der Waals surface area contributed by atoms with Crippen LogP contribution in [0.3, 0.4) is 0 Å². The molecule has 102 valence electrons. The fraction of sp³-hybridized carbons (Fsp3) is 0.571. The van der Waals surface area contributed by atoms with Crippen molar-refractivity contribution in [2.75, 3.05) is 19.6 Å². The molecule has 3 heterocycles. The monoisotopic (exact) mass is 278 g/mol. The topological polar surface area (TPSA) is 33.4 Å². The van der Waals surface area contributed by atoms with Gasteiger partial charge in [0.05, 0.1) is 5.02 Å². The minimum Gasteiger partial charge on any atom is -0.304 e. The van der Waals surface area contributed by atoms with Crippen LogP contribution in [0.15, 0.2) is 18.3 Å². The molecule has 0 aromatic carbocycles. The Morgan fingerprint density at radius 1 is 1.37 bits per heavy atom. The lowest BCUT2D eigenvalue weighted by atomic mass is 9.93. The minimum atomic E-state index is 0.669. The second kappa shape index (κ2) is 5.47. The van der Waals surface area contributed by atoms with Gasteiger partial charge >= 0.3 is 0 Å². The van der Waals surface area contributed by atoms with Crippen molar-refractivity contribution >= 4 is 17.2 Å². The molecule has 2 aromatic heterocycles. The van der Waals surface area contributed by atoms with Gasteiger partial charge in [0.1, 0.15) is 0 Å². The molecule has 0 N–H and O–H groups in total. The number of rotatable bonds is 3. The van der Waals surface area contributed by atoms with Gasteiger partial charge in [0.2, 0.25) is 0 Å². The standard InChI is InChI=1S/C14H19ClN4/c1-2-18-8-5-11(6-9-18)10-13-16-14-12(15)4-3-7-19(14)17-13/h3-4,7,11H,2,5-6,8-10H2,1H3. The molecular formula is C14H19ClN4. The minimum absolute atomic E-state index is 0.669. The molecule has 1 fully saturated rings. The molecule has 0 amide bonds. The first-order valence-corrected chi connectivity index (χ1v) is 7.36. The smallest absolute Gasteiger partial charge is 0.174 e. The van der Waals surface area contributed by atoms with Crippen molar-refractivity contribution in [1.29, 1.82) is 0 Å². The number of piperidine rings is 1. The van der Waals surface area contributed by atoms with Crippen LogP contribution < -0.4 is 0 Å². The molecule has 1 aliphatic heterocycles. The Morgan fingerprint density at radius 2 is 2.16 bits per heavy atom. The van der Waals surface area contributed by atoms with Crippen molar-refractivity contribution in [2.24, 2.45) is 5.92 Å². The summed E-state index contributed by atoms with van der Waals surface area (Å²) < 4.78 is 1.78. The van der Waals surface area contributed by atoms with Crippen LogP contribution in [0.5, 0.6) is 0 Å². The number of likely N-dealkylation sites (tertiary alicyclic amines) is 1. The lowest BCUT2D eigenvalue weighted by Crippen LogP contribution is -2.34. The summed E-state index contributed by atoms with van der Waals surface area (Å²) in [5, 5.41) is 5.18. The van der Waals surface area contributed by atoms with Gasteiger partial charge in [-0.1, -0.05) is 18.5 Å². The Morgan fingerprint density at radius 3 is 2.84 bits per heavy atom. The van der Waals surface area contributed by atoms with E-state index in [2.05, 4.69) is 21.9 Å². The second-order valence-electron chi connectivity index (χ2n) is 5.23. The van der Waals surface area contributed by atoms with E-state index in [0.29, 0.717) is 10.9 Å². The molecule has 0 bridgehead atoms. The van der Waals surface area contributed by atoms with E-state index in [9.17, 15) is 0 Å². The molecular weight excluding hydrogens is 260 g/mol. The average Bonchev–Trinajstić information content (AvgIpc) is 2.84. The normalized spacial score (nSPS) is 18.2. The third-order valence-corrected chi connectivity index (χ3v) is 4.28. The summed E-state index contributed by atoms with van der Waals surface area (Å²) in [5.41, 5.74) is 0.769. The number of aromatic nitrogens is 3. The summed E-state index contributed by atoms with van der Waals surface area (Å²) in [4.78, 5) is 7.06. The van der Waals surface area contributed by atoms with Crippen molar-refractivity contribution in [2.45, 2.75) is 26.2 Å². The van der Waals surface area contributed by atoms with Crippen LogP contribution >= 0.6 is 11.6 Å². The summed E-state index contributed by atoms with van der Waals surface area (Å²) in [6.07, 6.45) is 5.36. The highest BCUT2D eigenvalue weighted by Gasteiger charge is 2.20. The van der Waals surface area contributed by atoms with Crippen molar-refractivity contribution < 1.29 is 0 Å². The molecule has 0 aliphatic carbocycles. The van der Waals surface area contributed by atoms with E-state index in [1.54, 1.807) is 4.52 Å². The van der Waals surface area contributed by atoms with Crippen LogP contribution in [0.2, 0.25) is 5.02 Å². The molecule has 0 spiro atoms. The predicted octanol–water partition coefficient (Wildman–Crippen LogP) is 2.66. The molecule has 5 heteroatoms. The fourth-order valence-corrected chi connectivity index (χ4v) is 2.97. The summed E-state index contributed by atoms with van der Waals surface area (Å²) >= 11 is 6.12. The Balaban J connectivity index is 1.70. The van der Waals surface area contributed by atoms with Crippen LogP contribution in [0, 0.1) is 5.92 Å². The lowest BCUT2D eigenvalue weighted by molar-refractivity contribution is 0.191. The maximum absolute atomic E-state index is 6.12. The molecule has 0 saturated carbocycles. The summed E-state index contributed by atoms with van der Waals surface area (Å²) in [6.45, 7) is 5.80. The first-order chi connectivity index (χ1) is 9.26. The van der Waals surface area contributed by atoms with Gasteiger partial charge in [-0.2, -0.15) is 5.10 Å². The van der Waals surface area contributed by atoms with Gasteiger partial charge < -0.3 is 4.90 Å². The third-order valence-electron chi connectivity index (χ3n) is 3.98. The van der Waals surface area contributed by atoms with E-state index < -0.39 is 0 Å². The predicted molar refractivity (Wildman–Crippen MR) is 76.5 cm³/mol. The van der Waals surface area contributed by atoms with Gasteiger partial charge in [0.15, 0.2) is 11.5 Å². The molecule has 3 rings (SSSR count). The molecule has 1 saturated heterocycles. The number of nitrogens with zero attached hydrogens (tertiary/aromatic N) is 4. The zero-order chi connectivity index (χ0) is 13.2. The number of hydrogen-bond acceptors (Lipinski definition) is 3. The lowest BCUT2D eigenvalue weighted by Gasteiger charge is -2.30. The van der Waals surface area contributed by atoms with Gasteiger partial charge in [-0.25, -0.2) is 9.50 Å². The third kappa shape index (κ3) is 2.74. The van der Waals surface area contributed by atoms with Crippen molar-refractivity contribution in [3.05, 3.63) is 29.2 Å². The SMILES string of the molecule is CCN1CCC(Cc2nc3c(Cl)cccn3n2)CC1. The Labute approximate surface area is 118 Å². The van der Waals surface area contributed by atoms with Crippen molar-refractivity contribution in [3.8, 4) is 0 Å². The zero-order valence-electron chi connectivity index (χ0n) is 11.2. The fourth-order valence-electron chi connectivity index (χ4n) is 2.77. The van der Waals surface area contributed by atoms with E-state index in [-0.39, 0.29) is 0 Å². The van der Waals surface area contributed by atoms with E-state index >= 15 is 0 Å². The van der Waals surface area contributed by atoms with E-state index in [1.807, 2.05) is 18.3 Å². The first kappa shape index (κ1) is 12.9. The van der Waals surface area contributed by atoms with Gasteiger partial charge in [0.25, 0.3) is 0 Å². The summed E-state index contributed by atoms with van der Waals surface area (Å²) in [6, 6.07) is 3.75. The van der Waals surface area contributed by atoms with E-state index in [1.165, 1.54) is 25.9 Å². The maximum Gasteiger partial charge on any atom is 0.174 e. The van der Waals surface area contributed by atoms with Crippen LogP contribution in [0.4, 0.5) is 0 Å². The largest absolute Gasteiger partial charge is 0.304 e. The summed E-state index contributed by atoms with van der Waals surface area (Å²) in [5.74, 6) is 1.63. The Hall–Kier alpha value is -1.13. The van der Waals surface area contributed by atoms with Gasteiger partial charge in [-0.3, -0.25) is 0 Å². The molecule has 0 unspecified atom stereocenters. The zero-order valence-corrected chi connectivity index (χ0v) is 12.0. The average molecular weight is 279 g/mol. The maximum atomic E-state index is 6.12. The van der Waals surface area contributed by atoms with Crippen molar-refractivity contribution in [1.82, 2.24) is 19.5 Å². The van der Waals surface area contributed by atoms with Crippen molar-refractivity contribution in [3.63, 3.8) is 0 Å². The molecule has 1 aliphatic rings. The van der Waals surface area contributed by atoms with Gasteiger partial charge in [-0.05, 0) is 50.5 Å². The van der Waals surface area contributed by atoms with Gasteiger partial charge in [0, 0.05) is 12.6 Å². The van der Waals surface area contributed by atoms with Crippen LogP contribution in [-0.2, 0) is 6.42 Å². The van der Waals surface area contributed by atoms with E-state index in [4.69, 9.17) is 11.6 Å². The molecule has 0 radical (unpaired) electrons. The highest BCUT2D eigenvalue weighted by Crippen LogP contribution is 2.21. The molecule has 4 nitrogen and oxygen atoms in total. The highest BCUT2D eigenvalue weighted by atomic mass is 35.5. The van der Waals surface area contributed by atoms with E-state index in [0.717, 1.165) is 24.4 Å². The second-order valence-corrected chi connectivity index (χ2v) is 5.64. The summed E-state index contributed by atoms with van der Waals surface area (Å²) in [7, 11) is 0. The quantitative estimate of drug-likeness (QED) is 0.865. The Kier molecular flexibility index (Phi) is 3.71. The van der Waals surface area contributed by atoms with Gasteiger partial charge in [-0.15, -0.1) is 0 Å². The van der Waals surface area contributed by atoms with Crippen LogP contribution in [0.25, 0.3) is 5.65 Å². The number of halogens is 1. The molecule has 2 aromatic rings. The van der Waals surface area contributed by atoms with Crippen LogP contribution in [0.1, 0.15) is 25.6 Å². The number of fused-ring (bicyclic) bond motifs is 1. The molecule has 0 atom stereocenters. The first-order valence-electron chi connectivity index (χ1n) is 6.98. The molecule has 19 heavy (non-hydrogen) atoms. The number of pyridine rings is 1. The Bertz CT molecular complexity index is 558.